The van der Waals surface area contributed by atoms with E-state index in [9.17, 15) is 9.18 Å². The molecule has 1 saturated heterocycles. The van der Waals surface area contributed by atoms with Crippen LogP contribution in [0.5, 0.6) is 0 Å². The zero-order valence-electron chi connectivity index (χ0n) is 12.0. The summed E-state index contributed by atoms with van der Waals surface area (Å²) in [5.74, 6) is 0. The quantitative estimate of drug-likeness (QED) is 0.829. The fraction of sp³-hybridized carbons (Fsp3) is 0.923. The van der Waals surface area contributed by atoms with Crippen LogP contribution in [0, 0.1) is 5.41 Å². The van der Waals surface area contributed by atoms with Gasteiger partial charge in [0, 0.05) is 24.9 Å². The van der Waals surface area contributed by atoms with E-state index in [4.69, 9.17) is 10.5 Å². The van der Waals surface area contributed by atoms with Crippen molar-refractivity contribution >= 4 is 6.09 Å². The number of amides is 1. The molecule has 1 rings (SSSR count). The zero-order valence-corrected chi connectivity index (χ0v) is 12.0. The number of rotatable bonds is 2. The van der Waals surface area contributed by atoms with E-state index in [2.05, 4.69) is 0 Å². The molecular formula is C13H25FN2O2. The number of likely N-dealkylation sites (tertiary alicyclic amines) is 1. The van der Waals surface area contributed by atoms with Gasteiger partial charge in [-0.2, -0.15) is 0 Å². The first-order valence-electron chi connectivity index (χ1n) is 6.38. The molecule has 0 saturated carbocycles. The minimum Gasteiger partial charge on any atom is -0.444 e. The van der Waals surface area contributed by atoms with Crippen LogP contribution in [-0.4, -0.2) is 41.9 Å². The molecule has 18 heavy (non-hydrogen) atoms. The van der Waals surface area contributed by atoms with Crippen molar-refractivity contribution in [2.75, 3.05) is 19.6 Å². The van der Waals surface area contributed by atoms with Crippen LogP contribution < -0.4 is 5.73 Å². The maximum Gasteiger partial charge on any atom is 0.410 e. The van der Waals surface area contributed by atoms with Crippen molar-refractivity contribution in [3.8, 4) is 0 Å². The summed E-state index contributed by atoms with van der Waals surface area (Å²) in [6, 6.07) is 0. The Balaban J connectivity index is 2.69. The minimum absolute atomic E-state index is 0.0616. The molecule has 1 aliphatic rings. The fourth-order valence-corrected chi connectivity index (χ4v) is 1.99. The molecule has 1 fully saturated rings. The Labute approximate surface area is 109 Å². The molecule has 1 unspecified atom stereocenters. The highest BCUT2D eigenvalue weighted by Gasteiger charge is 2.51. The largest absolute Gasteiger partial charge is 0.444 e. The van der Waals surface area contributed by atoms with Crippen molar-refractivity contribution in [2.45, 2.75) is 52.3 Å². The van der Waals surface area contributed by atoms with E-state index >= 15 is 0 Å². The van der Waals surface area contributed by atoms with Gasteiger partial charge in [0.15, 0.2) is 0 Å². The lowest BCUT2D eigenvalue weighted by molar-refractivity contribution is 0.00950. The van der Waals surface area contributed by atoms with E-state index in [0.717, 1.165) is 0 Å². The number of carbonyl (C=O) groups excluding carboxylic acids is 1. The monoisotopic (exact) mass is 260 g/mol. The van der Waals surface area contributed by atoms with Crippen molar-refractivity contribution in [2.24, 2.45) is 11.1 Å². The average molecular weight is 260 g/mol. The van der Waals surface area contributed by atoms with Crippen LogP contribution in [0.3, 0.4) is 0 Å². The molecule has 106 valence electrons. The van der Waals surface area contributed by atoms with E-state index in [-0.39, 0.29) is 13.1 Å². The maximum absolute atomic E-state index is 14.8. The van der Waals surface area contributed by atoms with Gasteiger partial charge in [-0.15, -0.1) is 0 Å². The smallest absolute Gasteiger partial charge is 0.410 e. The van der Waals surface area contributed by atoms with Gasteiger partial charge in [0.2, 0.25) is 0 Å². The van der Waals surface area contributed by atoms with Crippen molar-refractivity contribution in [1.82, 2.24) is 4.90 Å². The van der Waals surface area contributed by atoms with Crippen molar-refractivity contribution in [3.63, 3.8) is 0 Å². The van der Waals surface area contributed by atoms with Crippen LogP contribution >= 0.6 is 0 Å². The van der Waals surface area contributed by atoms with Crippen LogP contribution in [0.2, 0.25) is 0 Å². The third-order valence-electron chi connectivity index (χ3n) is 3.59. The third-order valence-corrected chi connectivity index (χ3v) is 3.59. The molecule has 0 bridgehead atoms. The van der Waals surface area contributed by atoms with Gasteiger partial charge in [-0.1, -0.05) is 13.8 Å². The van der Waals surface area contributed by atoms with Crippen LogP contribution in [0.25, 0.3) is 0 Å². The molecule has 0 aliphatic carbocycles. The second-order valence-corrected chi connectivity index (χ2v) is 6.71. The SMILES string of the molecule is CC(C)(C)OC(=O)N1CCC(F)(C(C)(C)CN)C1. The molecule has 1 aliphatic heterocycles. The topological polar surface area (TPSA) is 55.6 Å². The summed E-state index contributed by atoms with van der Waals surface area (Å²) in [4.78, 5) is 13.3. The standard InChI is InChI=1S/C13H25FN2O2/c1-11(2,3)18-10(17)16-7-6-13(14,9-16)12(4,5)8-15/h6-9,15H2,1-5H3. The predicted molar refractivity (Wildman–Crippen MR) is 69.1 cm³/mol. The predicted octanol–water partition coefficient (Wildman–Crippen LogP) is 2.32. The summed E-state index contributed by atoms with van der Waals surface area (Å²) in [7, 11) is 0. The molecule has 0 aromatic carbocycles. The van der Waals surface area contributed by atoms with Gasteiger partial charge in [-0.3, -0.25) is 0 Å². The Morgan fingerprint density at radius 2 is 1.94 bits per heavy atom. The van der Waals surface area contributed by atoms with Crippen molar-refractivity contribution in [3.05, 3.63) is 0 Å². The number of nitrogens with two attached hydrogens (primary N) is 1. The Hall–Kier alpha value is -0.840. The number of nitrogens with zero attached hydrogens (tertiary/aromatic N) is 1. The summed E-state index contributed by atoms with van der Waals surface area (Å²) in [5.41, 5.74) is 3.00. The van der Waals surface area contributed by atoms with Gasteiger partial charge in [-0.25, -0.2) is 9.18 Å². The number of alkyl halides is 1. The molecule has 0 radical (unpaired) electrons. The highest BCUT2D eigenvalue weighted by molar-refractivity contribution is 5.68. The van der Waals surface area contributed by atoms with Crippen LogP contribution in [0.4, 0.5) is 9.18 Å². The molecular weight excluding hydrogens is 235 g/mol. The average Bonchev–Trinajstić information content (AvgIpc) is 2.60. The van der Waals surface area contributed by atoms with Crippen LogP contribution in [0.1, 0.15) is 41.0 Å². The van der Waals surface area contributed by atoms with E-state index < -0.39 is 22.8 Å². The zero-order chi connectivity index (χ0) is 14.2. The number of hydrogen-bond acceptors (Lipinski definition) is 3. The summed E-state index contributed by atoms with van der Waals surface area (Å²) < 4.78 is 20.1. The summed E-state index contributed by atoms with van der Waals surface area (Å²) in [6.45, 7) is 9.69. The van der Waals surface area contributed by atoms with E-state index in [1.165, 1.54) is 4.90 Å². The highest BCUT2D eigenvalue weighted by Crippen LogP contribution is 2.41. The Morgan fingerprint density at radius 3 is 2.39 bits per heavy atom. The highest BCUT2D eigenvalue weighted by atomic mass is 19.1. The second-order valence-electron chi connectivity index (χ2n) is 6.71. The lowest BCUT2D eigenvalue weighted by Crippen LogP contribution is -2.48. The molecule has 2 N–H and O–H groups in total. The third kappa shape index (κ3) is 3.13. The van der Waals surface area contributed by atoms with Crippen LogP contribution in [-0.2, 0) is 4.74 Å². The van der Waals surface area contributed by atoms with Crippen molar-refractivity contribution in [1.29, 1.82) is 0 Å². The molecule has 0 aromatic rings. The van der Waals surface area contributed by atoms with Gasteiger partial charge in [-0.05, 0) is 20.8 Å². The van der Waals surface area contributed by atoms with Gasteiger partial charge in [0.25, 0.3) is 0 Å². The summed E-state index contributed by atoms with van der Waals surface area (Å²) >= 11 is 0. The fourth-order valence-electron chi connectivity index (χ4n) is 1.99. The number of hydrogen-bond donors (Lipinski definition) is 1. The normalized spacial score (nSPS) is 25.4. The lowest BCUT2D eigenvalue weighted by atomic mass is 9.76. The Bertz CT molecular complexity index is 325. The minimum atomic E-state index is -1.43. The Kier molecular flexibility index (Phi) is 3.96. The van der Waals surface area contributed by atoms with E-state index in [1.54, 1.807) is 34.6 Å². The molecule has 0 spiro atoms. The van der Waals surface area contributed by atoms with Gasteiger partial charge >= 0.3 is 6.09 Å². The van der Waals surface area contributed by atoms with Crippen molar-refractivity contribution < 1.29 is 13.9 Å². The van der Waals surface area contributed by atoms with Gasteiger partial charge in [0.1, 0.15) is 11.3 Å². The van der Waals surface area contributed by atoms with E-state index in [0.29, 0.717) is 13.0 Å². The molecule has 1 atom stereocenters. The molecule has 5 heteroatoms. The second kappa shape index (κ2) is 4.68. The number of ether oxygens (including phenoxy) is 1. The molecule has 4 nitrogen and oxygen atoms in total. The first-order chi connectivity index (χ1) is 8.01. The van der Waals surface area contributed by atoms with Gasteiger partial charge < -0.3 is 15.4 Å². The first-order valence-corrected chi connectivity index (χ1v) is 6.38. The maximum atomic E-state index is 14.8. The summed E-state index contributed by atoms with van der Waals surface area (Å²) in [5, 5.41) is 0. The van der Waals surface area contributed by atoms with Gasteiger partial charge in [0.05, 0.1) is 6.54 Å². The molecule has 1 amide bonds. The van der Waals surface area contributed by atoms with E-state index in [1.807, 2.05) is 0 Å². The molecule has 1 heterocycles. The summed E-state index contributed by atoms with van der Waals surface area (Å²) in [6.07, 6.45) is -0.133. The lowest BCUT2D eigenvalue weighted by Gasteiger charge is -2.36. The number of halogens is 1. The Morgan fingerprint density at radius 1 is 1.39 bits per heavy atom. The molecule has 0 aromatic heterocycles. The first kappa shape index (κ1) is 15.2. The van der Waals surface area contributed by atoms with Crippen LogP contribution in [0.15, 0.2) is 0 Å². The number of carbonyl (C=O) groups is 1.